The molecule has 2 nitrogen and oxygen atoms in total. The summed E-state index contributed by atoms with van der Waals surface area (Å²) in [6.07, 6.45) is 2.83. The fourth-order valence-corrected chi connectivity index (χ4v) is 2.98. The van der Waals surface area contributed by atoms with Crippen molar-refractivity contribution in [3.8, 4) is 0 Å². The fourth-order valence-electron chi connectivity index (χ4n) is 2.69. The van der Waals surface area contributed by atoms with E-state index in [2.05, 4.69) is 12.2 Å². The molecule has 1 saturated heterocycles. The van der Waals surface area contributed by atoms with Crippen molar-refractivity contribution < 1.29 is 4.79 Å². The Balaban J connectivity index is 0.00000180. The van der Waals surface area contributed by atoms with E-state index in [0.29, 0.717) is 15.6 Å². The van der Waals surface area contributed by atoms with Crippen molar-refractivity contribution in [2.45, 2.75) is 26.2 Å². The topological polar surface area (TPSA) is 29.1 Å². The maximum atomic E-state index is 12.7. The van der Waals surface area contributed by atoms with Gasteiger partial charge in [0.05, 0.1) is 10.0 Å². The van der Waals surface area contributed by atoms with E-state index in [1.165, 1.54) is 0 Å². The highest BCUT2D eigenvalue weighted by atomic mass is 35.5. The average Bonchev–Trinajstić information content (AvgIpc) is 2.82. The van der Waals surface area contributed by atoms with Crippen LogP contribution in [0.2, 0.25) is 10.0 Å². The molecule has 1 aliphatic heterocycles. The normalized spacial score (nSPS) is 22.1. The molecule has 1 atom stereocenters. The van der Waals surface area contributed by atoms with Crippen LogP contribution in [0.1, 0.15) is 36.5 Å². The van der Waals surface area contributed by atoms with Crippen molar-refractivity contribution >= 4 is 41.4 Å². The molecule has 1 aromatic carbocycles. The van der Waals surface area contributed by atoms with Gasteiger partial charge in [-0.1, -0.05) is 36.5 Å². The molecular weight excluding hydrogens is 305 g/mol. The predicted octanol–water partition coefficient (Wildman–Crippen LogP) is 4.38. The number of hydrogen-bond acceptors (Lipinski definition) is 2. The minimum Gasteiger partial charge on any atom is -0.316 e. The maximum absolute atomic E-state index is 12.7. The molecule has 106 valence electrons. The summed E-state index contributed by atoms with van der Waals surface area (Å²) >= 11 is 11.9. The molecule has 0 spiro atoms. The van der Waals surface area contributed by atoms with Crippen LogP contribution in [-0.2, 0) is 0 Å². The lowest BCUT2D eigenvalue weighted by Crippen LogP contribution is -2.33. The second kappa shape index (κ2) is 6.94. The Morgan fingerprint density at radius 3 is 2.63 bits per heavy atom. The van der Waals surface area contributed by atoms with Gasteiger partial charge in [0.25, 0.3) is 0 Å². The molecule has 1 N–H and O–H groups in total. The first kappa shape index (κ1) is 16.8. The highest BCUT2D eigenvalue weighted by Gasteiger charge is 2.40. The number of Topliss-reactive ketones (excluding diaryl/α,β-unsaturated/α-hetero) is 1. The molecule has 0 radical (unpaired) electrons. The first-order valence-electron chi connectivity index (χ1n) is 6.29. The van der Waals surface area contributed by atoms with Crippen LogP contribution in [0.4, 0.5) is 0 Å². The molecule has 0 aliphatic carbocycles. The van der Waals surface area contributed by atoms with E-state index in [0.717, 1.165) is 32.4 Å². The summed E-state index contributed by atoms with van der Waals surface area (Å²) in [6, 6.07) is 5.15. The molecule has 0 saturated carbocycles. The zero-order valence-corrected chi connectivity index (χ0v) is 13.2. The van der Waals surface area contributed by atoms with Gasteiger partial charge in [0.1, 0.15) is 0 Å². The lowest BCUT2D eigenvalue weighted by Gasteiger charge is -2.26. The predicted molar refractivity (Wildman–Crippen MR) is 82.9 cm³/mol. The lowest BCUT2D eigenvalue weighted by atomic mass is 9.76. The van der Waals surface area contributed by atoms with Gasteiger partial charge in [-0.25, -0.2) is 0 Å². The van der Waals surface area contributed by atoms with Crippen LogP contribution < -0.4 is 5.32 Å². The van der Waals surface area contributed by atoms with Gasteiger partial charge in [0, 0.05) is 17.5 Å². The Kier molecular flexibility index (Phi) is 6.13. The molecule has 0 bridgehead atoms. The van der Waals surface area contributed by atoms with Gasteiger partial charge in [-0.05, 0) is 37.6 Å². The molecule has 5 heteroatoms. The Morgan fingerprint density at radius 1 is 1.37 bits per heavy atom. The van der Waals surface area contributed by atoms with Gasteiger partial charge < -0.3 is 5.32 Å². The van der Waals surface area contributed by atoms with Crippen LogP contribution in [0, 0.1) is 5.41 Å². The summed E-state index contributed by atoms with van der Waals surface area (Å²) < 4.78 is 0. The largest absolute Gasteiger partial charge is 0.316 e. The zero-order valence-electron chi connectivity index (χ0n) is 10.8. The number of rotatable bonds is 4. The maximum Gasteiger partial charge on any atom is 0.170 e. The number of ketones is 1. The summed E-state index contributed by atoms with van der Waals surface area (Å²) in [5.41, 5.74) is 0.410. The minimum absolute atomic E-state index is 0. The molecule has 1 aliphatic rings. The van der Waals surface area contributed by atoms with E-state index in [1.54, 1.807) is 18.2 Å². The van der Waals surface area contributed by atoms with Crippen LogP contribution in [0.15, 0.2) is 18.2 Å². The van der Waals surface area contributed by atoms with E-state index in [4.69, 9.17) is 23.2 Å². The van der Waals surface area contributed by atoms with Crippen LogP contribution >= 0.6 is 35.6 Å². The molecule has 0 unspecified atom stereocenters. The molecule has 2 rings (SSSR count). The van der Waals surface area contributed by atoms with Gasteiger partial charge in [0.2, 0.25) is 0 Å². The Hall–Kier alpha value is -0.280. The van der Waals surface area contributed by atoms with Gasteiger partial charge in [-0.3, -0.25) is 4.79 Å². The summed E-state index contributed by atoms with van der Waals surface area (Å²) in [7, 11) is 0. The average molecular weight is 323 g/mol. The monoisotopic (exact) mass is 321 g/mol. The standard InChI is InChI=1S/C14H17Cl2NO.ClH/c1-2-5-14(6-7-17-9-14)13(18)10-3-4-11(15)12(16)8-10;/h3-4,8,17H,2,5-7,9H2,1H3;1H/t14-;/m0./s1. The number of halogens is 3. The number of benzene rings is 1. The first-order chi connectivity index (χ1) is 8.59. The molecule has 0 aromatic heterocycles. The molecule has 0 amide bonds. The summed E-state index contributed by atoms with van der Waals surface area (Å²) in [6.45, 7) is 3.79. The quantitative estimate of drug-likeness (QED) is 0.834. The zero-order chi connectivity index (χ0) is 13.2. The SMILES string of the molecule is CCC[C@]1(C(=O)c2ccc(Cl)c(Cl)c2)CCNC1.Cl. The highest BCUT2D eigenvalue weighted by molar-refractivity contribution is 6.42. The van der Waals surface area contributed by atoms with E-state index in [-0.39, 0.29) is 23.6 Å². The van der Waals surface area contributed by atoms with Crippen molar-refractivity contribution in [1.82, 2.24) is 5.32 Å². The summed E-state index contributed by atoms with van der Waals surface area (Å²) in [5, 5.41) is 4.23. The van der Waals surface area contributed by atoms with Crippen molar-refractivity contribution in [3.05, 3.63) is 33.8 Å². The molecular formula is C14H18Cl3NO. The van der Waals surface area contributed by atoms with Crippen LogP contribution in [0.3, 0.4) is 0 Å². The van der Waals surface area contributed by atoms with Crippen molar-refractivity contribution in [3.63, 3.8) is 0 Å². The second-order valence-corrected chi connectivity index (χ2v) is 5.73. The third kappa shape index (κ3) is 3.43. The van der Waals surface area contributed by atoms with E-state index in [1.807, 2.05) is 0 Å². The summed E-state index contributed by atoms with van der Waals surface area (Å²) in [4.78, 5) is 12.7. The fraction of sp³-hybridized carbons (Fsp3) is 0.500. The highest BCUT2D eigenvalue weighted by Crippen LogP contribution is 2.36. The number of carbonyl (C=O) groups excluding carboxylic acids is 1. The van der Waals surface area contributed by atoms with Gasteiger partial charge >= 0.3 is 0 Å². The number of carbonyl (C=O) groups is 1. The van der Waals surface area contributed by atoms with E-state index >= 15 is 0 Å². The van der Waals surface area contributed by atoms with Crippen molar-refractivity contribution in [2.24, 2.45) is 5.41 Å². The third-order valence-corrected chi connectivity index (χ3v) is 4.37. The van der Waals surface area contributed by atoms with Crippen LogP contribution in [0.25, 0.3) is 0 Å². The van der Waals surface area contributed by atoms with Crippen LogP contribution in [0.5, 0.6) is 0 Å². The van der Waals surface area contributed by atoms with Crippen LogP contribution in [-0.4, -0.2) is 18.9 Å². The van der Waals surface area contributed by atoms with E-state index in [9.17, 15) is 4.79 Å². The molecule has 1 aromatic rings. The Morgan fingerprint density at radius 2 is 2.11 bits per heavy atom. The molecule has 1 fully saturated rings. The van der Waals surface area contributed by atoms with Gasteiger partial charge in [-0.15, -0.1) is 12.4 Å². The summed E-state index contributed by atoms with van der Waals surface area (Å²) in [5.74, 6) is 0.188. The minimum atomic E-state index is -0.258. The van der Waals surface area contributed by atoms with E-state index < -0.39 is 0 Å². The van der Waals surface area contributed by atoms with Crippen molar-refractivity contribution in [2.75, 3.05) is 13.1 Å². The van der Waals surface area contributed by atoms with Gasteiger partial charge in [-0.2, -0.15) is 0 Å². The number of hydrogen-bond donors (Lipinski definition) is 1. The Bertz CT molecular complexity index is 456. The second-order valence-electron chi connectivity index (χ2n) is 4.92. The number of nitrogens with one attached hydrogen (secondary N) is 1. The Labute approximate surface area is 130 Å². The van der Waals surface area contributed by atoms with Crippen molar-refractivity contribution in [1.29, 1.82) is 0 Å². The van der Waals surface area contributed by atoms with Gasteiger partial charge in [0.15, 0.2) is 5.78 Å². The first-order valence-corrected chi connectivity index (χ1v) is 7.05. The lowest BCUT2D eigenvalue weighted by molar-refractivity contribution is 0.0802. The third-order valence-electron chi connectivity index (χ3n) is 3.64. The molecule has 19 heavy (non-hydrogen) atoms. The smallest absolute Gasteiger partial charge is 0.170 e. The molecule has 1 heterocycles.